The molecule has 0 unspecified atom stereocenters. The molecule has 0 aliphatic rings. The summed E-state index contributed by atoms with van der Waals surface area (Å²) in [6.45, 7) is 0. The van der Waals surface area contributed by atoms with Crippen LogP contribution in [0.1, 0.15) is 10.4 Å². The topological polar surface area (TPSA) is 40.1 Å². The van der Waals surface area contributed by atoms with Crippen molar-refractivity contribution in [3.05, 3.63) is 35.9 Å². The fourth-order valence-corrected chi connectivity index (χ4v) is 0.574. The first-order valence-electron chi connectivity index (χ1n) is 2.57. The number of benzene rings is 1. The van der Waals surface area contributed by atoms with E-state index in [-0.39, 0.29) is 48.0 Å². The Labute approximate surface area is 93.6 Å². The zero-order chi connectivity index (χ0) is 6.69. The quantitative estimate of drug-likeness (QED) is 0.521. The summed E-state index contributed by atoms with van der Waals surface area (Å²) in [4.78, 5) is 10.1. The second kappa shape index (κ2) is 6.58. The molecule has 2 nitrogen and oxygen atoms in total. The maximum Gasteiger partial charge on any atom is 2.00 e. The molecule has 0 aliphatic carbocycles. The third kappa shape index (κ3) is 4.35. The molecule has 0 bridgehead atoms. The van der Waals surface area contributed by atoms with E-state index in [1.54, 1.807) is 18.2 Å². The molecule has 0 saturated heterocycles. The molecule has 0 atom stereocenters. The minimum atomic E-state index is -1.13. The number of rotatable bonds is 1. The Kier molecular flexibility index (Phi) is 8.06. The van der Waals surface area contributed by atoms with Gasteiger partial charge in [0.25, 0.3) is 0 Å². The van der Waals surface area contributed by atoms with Gasteiger partial charge in [-0.05, 0) is 5.56 Å². The van der Waals surface area contributed by atoms with Gasteiger partial charge in [0.05, 0.1) is 5.97 Å². The zero-order valence-corrected chi connectivity index (χ0v) is 7.32. The van der Waals surface area contributed by atoms with Gasteiger partial charge in [-0.2, -0.15) is 0 Å². The number of carboxylic acid groups (broad SMARTS) is 1. The maximum atomic E-state index is 10.1. The summed E-state index contributed by atoms with van der Waals surface area (Å²) in [5.41, 5.74) is 0.220. The summed E-state index contributed by atoms with van der Waals surface area (Å²) in [7, 11) is 0. The van der Waals surface area contributed by atoms with E-state index in [4.69, 9.17) is 0 Å². The SMILES string of the molecule is O=C([O-])c1ccccc1.[F-].[Ho+2]. The van der Waals surface area contributed by atoms with Crippen LogP contribution in [0.15, 0.2) is 30.3 Å². The van der Waals surface area contributed by atoms with Crippen LogP contribution < -0.4 is 9.81 Å². The van der Waals surface area contributed by atoms with E-state index in [0.29, 0.717) is 0 Å². The van der Waals surface area contributed by atoms with Crippen molar-refractivity contribution < 1.29 is 52.3 Å². The summed E-state index contributed by atoms with van der Waals surface area (Å²) in [5, 5.41) is 10.1. The van der Waals surface area contributed by atoms with Gasteiger partial charge < -0.3 is 14.6 Å². The first-order chi connectivity index (χ1) is 4.30. The largest absolute Gasteiger partial charge is 2.00 e. The smallest absolute Gasteiger partial charge is 1.00 e. The van der Waals surface area contributed by atoms with Crippen LogP contribution in [0.2, 0.25) is 0 Å². The molecule has 0 saturated carbocycles. The van der Waals surface area contributed by atoms with Crippen molar-refractivity contribution in [2.75, 3.05) is 0 Å². The Morgan fingerprint density at radius 2 is 1.64 bits per heavy atom. The normalized spacial score (nSPS) is 7.27. The molecule has 11 heavy (non-hydrogen) atoms. The van der Waals surface area contributed by atoms with Gasteiger partial charge in [0.1, 0.15) is 0 Å². The molecule has 4 heteroatoms. The van der Waals surface area contributed by atoms with Crippen LogP contribution in [0.4, 0.5) is 0 Å². The van der Waals surface area contributed by atoms with E-state index < -0.39 is 5.97 Å². The molecule has 0 spiro atoms. The summed E-state index contributed by atoms with van der Waals surface area (Å²) >= 11 is 0. The fourth-order valence-electron chi connectivity index (χ4n) is 0.574. The van der Waals surface area contributed by atoms with E-state index in [1.165, 1.54) is 12.1 Å². The molecule has 1 radical (unpaired) electrons. The van der Waals surface area contributed by atoms with E-state index in [0.717, 1.165) is 0 Å². The van der Waals surface area contributed by atoms with Crippen LogP contribution in [0.3, 0.4) is 0 Å². The second-order valence-corrected chi connectivity index (χ2v) is 1.65. The Morgan fingerprint density at radius 1 is 1.18 bits per heavy atom. The summed E-state index contributed by atoms with van der Waals surface area (Å²) in [6, 6.07) is 8.06. The first kappa shape index (κ1) is 13.5. The second-order valence-electron chi connectivity index (χ2n) is 1.65. The predicted octanol–water partition coefficient (Wildman–Crippen LogP) is -2.95. The zero-order valence-electron chi connectivity index (χ0n) is 5.38. The Morgan fingerprint density at radius 3 is 1.91 bits per heavy atom. The van der Waals surface area contributed by atoms with Crippen LogP contribution in [-0.4, -0.2) is 5.97 Å². The van der Waals surface area contributed by atoms with Crippen molar-refractivity contribution in [2.45, 2.75) is 0 Å². The Bertz CT molecular complexity index is 213. The number of hydrogen-bond donors (Lipinski definition) is 0. The van der Waals surface area contributed by atoms with E-state index >= 15 is 0 Å². The molecule has 0 heterocycles. The summed E-state index contributed by atoms with van der Waals surface area (Å²) < 4.78 is 0. The first-order valence-corrected chi connectivity index (χ1v) is 2.57. The van der Waals surface area contributed by atoms with Crippen molar-refractivity contribution >= 4 is 5.97 Å². The number of carbonyl (C=O) groups is 1. The van der Waals surface area contributed by atoms with E-state index in [1.807, 2.05) is 0 Å². The van der Waals surface area contributed by atoms with E-state index in [9.17, 15) is 9.90 Å². The van der Waals surface area contributed by atoms with E-state index in [2.05, 4.69) is 0 Å². The Balaban J connectivity index is 0. The molecule has 0 amide bonds. The van der Waals surface area contributed by atoms with Gasteiger partial charge >= 0.3 is 37.7 Å². The van der Waals surface area contributed by atoms with Gasteiger partial charge in [0.15, 0.2) is 0 Å². The van der Waals surface area contributed by atoms with Gasteiger partial charge in [-0.1, -0.05) is 30.3 Å². The van der Waals surface area contributed by atoms with Crippen LogP contribution >= 0.6 is 0 Å². The van der Waals surface area contributed by atoms with Gasteiger partial charge in [-0.25, -0.2) is 0 Å². The van der Waals surface area contributed by atoms with Crippen LogP contribution in [0.25, 0.3) is 0 Å². The summed E-state index contributed by atoms with van der Waals surface area (Å²) in [5.74, 6) is -1.13. The minimum absolute atomic E-state index is 0. The predicted molar refractivity (Wildman–Crippen MR) is 30.8 cm³/mol. The number of halogens is 1. The molecule has 0 aliphatic heterocycles. The molecule has 63 valence electrons. The number of carbonyl (C=O) groups excluding carboxylic acids is 1. The number of carboxylic acids is 1. The molecule has 0 N–H and O–H groups in total. The van der Waals surface area contributed by atoms with Crippen molar-refractivity contribution in [3.63, 3.8) is 0 Å². The molecule has 1 rings (SSSR count). The maximum absolute atomic E-state index is 10.1. The molecule has 0 aromatic heterocycles. The third-order valence-corrected chi connectivity index (χ3v) is 1.01. The average Bonchev–Trinajstić information content (AvgIpc) is 1.90. The molecule has 1 aromatic carbocycles. The molecular formula is C7H5FHoO2. The third-order valence-electron chi connectivity index (χ3n) is 1.01. The van der Waals surface area contributed by atoms with Gasteiger partial charge in [-0.15, -0.1) is 0 Å². The van der Waals surface area contributed by atoms with Crippen molar-refractivity contribution in [1.82, 2.24) is 0 Å². The van der Waals surface area contributed by atoms with Crippen LogP contribution in [0.5, 0.6) is 0 Å². The monoisotopic (exact) mass is 305 g/mol. The van der Waals surface area contributed by atoms with Crippen molar-refractivity contribution in [2.24, 2.45) is 0 Å². The molecule has 1 aromatic rings. The number of hydrogen-bond acceptors (Lipinski definition) is 2. The van der Waals surface area contributed by atoms with Crippen molar-refractivity contribution in [1.29, 1.82) is 0 Å². The average molecular weight is 305 g/mol. The summed E-state index contributed by atoms with van der Waals surface area (Å²) in [6.07, 6.45) is 0. The van der Waals surface area contributed by atoms with Crippen LogP contribution in [0, 0.1) is 37.7 Å². The number of aromatic carboxylic acids is 1. The fraction of sp³-hybridized carbons (Fsp3) is 0. The van der Waals surface area contributed by atoms with Crippen molar-refractivity contribution in [3.8, 4) is 0 Å². The molecule has 0 fully saturated rings. The van der Waals surface area contributed by atoms with Gasteiger partial charge in [0.2, 0.25) is 0 Å². The molecular weight excluding hydrogens is 300 g/mol. The standard InChI is InChI=1S/C7H6O2.FH.Ho/c8-7(9)6-4-2-1-3-5-6;;/h1-5H,(H,8,9);1H;/q;;+2/p-2. The Hall–Kier alpha value is -0.120. The van der Waals surface area contributed by atoms with Crippen LogP contribution in [-0.2, 0) is 0 Å². The van der Waals surface area contributed by atoms with Gasteiger partial charge in [0, 0.05) is 0 Å². The minimum Gasteiger partial charge on any atom is -1.00 e. The van der Waals surface area contributed by atoms with Gasteiger partial charge in [-0.3, -0.25) is 0 Å².